The minimum absolute atomic E-state index is 0.0569. The summed E-state index contributed by atoms with van der Waals surface area (Å²) in [6.07, 6.45) is 0. The molecule has 0 aliphatic rings. The van der Waals surface area contributed by atoms with E-state index in [1.807, 2.05) is 19.9 Å². The monoisotopic (exact) mass is 356 g/mol. The van der Waals surface area contributed by atoms with Crippen LogP contribution in [0, 0.1) is 13.8 Å². The van der Waals surface area contributed by atoms with Gasteiger partial charge >= 0.3 is 5.97 Å². The molecule has 5 nitrogen and oxygen atoms in total. The number of esters is 1. The SMILES string of the molecule is Cc1cc(C)nc(SCC(=O)OCC(=O)c2ccc(Cl)s2)n1. The first-order valence-electron chi connectivity index (χ1n) is 6.33. The highest BCUT2D eigenvalue weighted by atomic mass is 35.5. The fourth-order valence-electron chi connectivity index (χ4n) is 1.60. The minimum atomic E-state index is -0.483. The quantitative estimate of drug-likeness (QED) is 0.342. The number of Topliss-reactive ketones (excluding diaryl/α,β-unsaturated/α-hetero) is 1. The predicted molar refractivity (Wildman–Crippen MR) is 86.8 cm³/mol. The predicted octanol–water partition coefficient (Wildman–Crippen LogP) is 3.33. The number of thiophene rings is 1. The zero-order valence-electron chi connectivity index (χ0n) is 12.0. The third-order valence-electron chi connectivity index (χ3n) is 2.49. The molecule has 0 bridgehead atoms. The second kappa shape index (κ2) is 7.71. The molecule has 116 valence electrons. The van der Waals surface area contributed by atoms with Gasteiger partial charge in [-0.15, -0.1) is 11.3 Å². The molecule has 0 fully saturated rings. The van der Waals surface area contributed by atoms with E-state index in [9.17, 15) is 9.59 Å². The van der Waals surface area contributed by atoms with Crippen LogP contribution in [0.15, 0.2) is 23.4 Å². The fourth-order valence-corrected chi connectivity index (χ4v) is 3.32. The second-order valence-corrected chi connectivity index (χ2v) is 7.07. The van der Waals surface area contributed by atoms with Gasteiger partial charge in [-0.1, -0.05) is 23.4 Å². The molecular formula is C14H13ClN2O3S2. The molecule has 0 saturated heterocycles. The number of aromatic nitrogens is 2. The lowest BCUT2D eigenvalue weighted by Gasteiger charge is -2.04. The van der Waals surface area contributed by atoms with Gasteiger partial charge in [0.05, 0.1) is 15.0 Å². The van der Waals surface area contributed by atoms with Crippen molar-refractivity contribution in [2.24, 2.45) is 0 Å². The van der Waals surface area contributed by atoms with E-state index >= 15 is 0 Å². The van der Waals surface area contributed by atoms with Crippen LogP contribution >= 0.6 is 34.7 Å². The summed E-state index contributed by atoms with van der Waals surface area (Å²) in [7, 11) is 0. The van der Waals surface area contributed by atoms with Gasteiger partial charge in [-0.25, -0.2) is 9.97 Å². The van der Waals surface area contributed by atoms with Gasteiger partial charge in [0.15, 0.2) is 11.8 Å². The van der Waals surface area contributed by atoms with Crippen molar-refractivity contribution in [1.29, 1.82) is 0 Å². The number of aryl methyl sites for hydroxylation is 2. The number of ketones is 1. The molecule has 22 heavy (non-hydrogen) atoms. The molecular weight excluding hydrogens is 344 g/mol. The van der Waals surface area contributed by atoms with Crippen LogP contribution < -0.4 is 0 Å². The number of rotatable bonds is 6. The zero-order chi connectivity index (χ0) is 16.1. The molecule has 0 radical (unpaired) electrons. The maximum absolute atomic E-state index is 11.8. The Kier molecular flexibility index (Phi) is 5.93. The van der Waals surface area contributed by atoms with Crippen LogP contribution in [0.1, 0.15) is 21.1 Å². The van der Waals surface area contributed by atoms with Crippen molar-refractivity contribution >= 4 is 46.5 Å². The lowest BCUT2D eigenvalue weighted by atomic mass is 10.3. The third-order valence-corrected chi connectivity index (χ3v) is 4.59. The molecule has 2 rings (SSSR count). The number of nitrogens with zero attached hydrogens (tertiary/aromatic N) is 2. The summed E-state index contributed by atoms with van der Waals surface area (Å²) >= 11 is 8.09. The van der Waals surface area contributed by atoms with E-state index in [1.165, 1.54) is 11.8 Å². The first kappa shape index (κ1) is 16.9. The minimum Gasteiger partial charge on any atom is -0.457 e. The number of carbonyl (C=O) groups is 2. The normalized spacial score (nSPS) is 10.5. The average molecular weight is 357 g/mol. The number of thioether (sulfide) groups is 1. The number of halogens is 1. The summed E-state index contributed by atoms with van der Waals surface area (Å²) < 4.78 is 5.47. The average Bonchev–Trinajstić information content (AvgIpc) is 2.88. The van der Waals surface area contributed by atoms with Gasteiger partial charge in [0, 0.05) is 11.4 Å². The van der Waals surface area contributed by atoms with Crippen LogP contribution in [-0.4, -0.2) is 34.1 Å². The molecule has 0 aliphatic carbocycles. The molecule has 0 saturated carbocycles. The molecule has 0 spiro atoms. The number of carbonyl (C=O) groups excluding carboxylic acids is 2. The number of hydrogen-bond donors (Lipinski definition) is 0. The lowest BCUT2D eigenvalue weighted by molar-refractivity contribution is -0.139. The summed E-state index contributed by atoms with van der Waals surface area (Å²) in [6.45, 7) is 3.44. The molecule has 2 aromatic heterocycles. The smallest absolute Gasteiger partial charge is 0.316 e. The largest absolute Gasteiger partial charge is 0.457 e. The van der Waals surface area contributed by atoms with Crippen molar-refractivity contribution in [1.82, 2.24) is 9.97 Å². The van der Waals surface area contributed by atoms with Crippen molar-refractivity contribution in [3.8, 4) is 0 Å². The summed E-state index contributed by atoms with van der Waals surface area (Å²) in [5, 5.41) is 0.519. The Balaban J connectivity index is 1.79. The van der Waals surface area contributed by atoms with E-state index in [2.05, 4.69) is 9.97 Å². The molecule has 0 unspecified atom stereocenters. The van der Waals surface area contributed by atoms with E-state index in [1.54, 1.807) is 12.1 Å². The Morgan fingerprint density at radius 1 is 1.27 bits per heavy atom. The lowest BCUT2D eigenvalue weighted by Crippen LogP contribution is -2.15. The Labute approximate surface area is 141 Å². The number of hydrogen-bond acceptors (Lipinski definition) is 7. The Morgan fingerprint density at radius 3 is 2.55 bits per heavy atom. The standard InChI is InChI=1S/C14H13ClN2O3S2/c1-8-5-9(2)17-14(16-8)21-7-13(19)20-6-10(18)11-3-4-12(15)22-11/h3-5H,6-7H2,1-2H3. The molecule has 0 atom stereocenters. The van der Waals surface area contributed by atoms with Crippen molar-refractivity contribution in [2.45, 2.75) is 19.0 Å². The highest BCUT2D eigenvalue weighted by molar-refractivity contribution is 7.99. The zero-order valence-corrected chi connectivity index (χ0v) is 14.3. The van der Waals surface area contributed by atoms with E-state index < -0.39 is 5.97 Å². The fraction of sp³-hybridized carbons (Fsp3) is 0.286. The van der Waals surface area contributed by atoms with Crippen molar-refractivity contribution in [2.75, 3.05) is 12.4 Å². The van der Waals surface area contributed by atoms with Crippen molar-refractivity contribution in [3.63, 3.8) is 0 Å². The molecule has 2 aromatic rings. The van der Waals surface area contributed by atoms with Crippen LogP contribution in [0.25, 0.3) is 0 Å². The topological polar surface area (TPSA) is 69.2 Å². The van der Waals surface area contributed by atoms with Gasteiger partial charge in [0.2, 0.25) is 5.78 Å². The summed E-state index contributed by atoms with van der Waals surface area (Å²) in [5.41, 5.74) is 1.68. The van der Waals surface area contributed by atoms with Gasteiger partial charge in [-0.2, -0.15) is 0 Å². The van der Waals surface area contributed by atoms with Gasteiger partial charge in [-0.3, -0.25) is 9.59 Å². The Hall–Kier alpha value is -1.44. The van der Waals surface area contributed by atoms with Crippen LogP contribution in [-0.2, 0) is 9.53 Å². The van der Waals surface area contributed by atoms with Crippen LogP contribution in [0.3, 0.4) is 0 Å². The van der Waals surface area contributed by atoms with Crippen molar-refractivity contribution < 1.29 is 14.3 Å². The first-order valence-corrected chi connectivity index (χ1v) is 8.51. The molecule has 2 heterocycles. The van der Waals surface area contributed by atoms with E-state index in [-0.39, 0.29) is 18.1 Å². The van der Waals surface area contributed by atoms with Crippen molar-refractivity contribution in [3.05, 3.63) is 38.8 Å². The third kappa shape index (κ3) is 5.08. The highest BCUT2D eigenvalue weighted by Crippen LogP contribution is 2.22. The molecule has 0 N–H and O–H groups in total. The molecule has 0 aliphatic heterocycles. The van der Waals surface area contributed by atoms with E-state index in [4.69, 9.17) is 16.3 Å². The van der Waals surface area contributed by atoms with E-state index in [0.717, 1.165) is 22.7 Å². The summed E-state index contributed by atoms with van der Waals surface area (Å²) in [4.78, 5) is 32.3. The van der Waals surface area contributed by atoms with Gasteiger partial charge < -0.3 is 4.74 Å². The van der Waals surface area contributed by atoms with Gasteiger partial charge in [0.25, 0.3) is 0 Å². The summed E-state index contributed by atoms with van der Waals surface area (Å²) in [5.74, 6) is -0.692. The molecule has 0 aromatic carbocycles. The van der Waals surface area contributed by atoms with Gasteiger partial charge in [0.1, 0.15) is 0 Å². The maximum atomic E-state index is 11.8. The van der Waals surface area contributed by atoms with Gasteiger partial charge in [-0.05, 0) is 32.0 Å². The van der Waals surface area contributed by atoms with Crippen LogP contribution in [0.4, 0.5) is 0 Å². The molecule has 0 amide bonds. The Morgan fingerprint density at radius 2 is 1.95 bits per heavy atom. The Bertz CT molecular complexity index is 683. The highest BCUT2D eigenvalue weighted by Gasteiger charge is 2.13. The van der Waals surface area contributed by atoms with E-state index in [0.29, 0.717) is 14.4 Å². The van der Waals surface area contributed by atoms with Crippen LogP contribution in [0.2, 0.25) is 4.34 Å². The number of ether oxygens (including phenoxy) is 1. The molecule has 8 heteroatoms. The van der Waals surface area contributed by atoms with Crippen LogP contribution in [0.5, 0.6) is 0 Å². The second-order valence-electron chi connectivity index (χ2n) is 4.41. The maximum Gasteiger partial charge on any atom is 0.316 e. The first-order chi connectivity index (χ1) is 10.4. The summed E-state index contributed by atoms with van der Waals surface area (Å²) in [6, 6.07) is 5.10.